The molecule has 1 aromatic carbocycles. The smallest absolute Gasteiger partial charge is 0.421 e. The number of ether oxygens (including phenoxy) is 2. The topological polar surface area (TPSA) is 84.8 Å². The summed E-state index contributed by atoms with van der Waals surface area (Å²) in [4.78, 5) is 13.7. The second-order valence-corrected chi connectivity index (χ2v) is 6.21. The minimum Gasteiger partial charge on any atom is -0.484 e. The van der Waals surface area contributed by atoms with Gasteiger partial charge in [-0.15, -0.1) is 5.10 Å². The molecule has 0 radical (unpaired) electrons. The predicted molar refractivity (Wildman–Crippen MR) is 90.5 cm³/mol. The highest BCUT2D eigenvalue weighted by atomic mass is 19.4. The molecule has 1 aromatic heterocycles. The number of amides is 1. The van der Waals surface area contributed by atoms with Crippen molar-refractivity contribution in [1.82, 2.24) is 15.1 Å². The third kappa shape index (κ3) is 4.89. The number of rotatable bonds is 6. The molecule has 1 aliphatic heterocycles. The fourth-order valence-electron chi connectivity index (χ4n) is 2.76. The second kappa shape index (κ2) is 8.42. The van der Waals surface area contributed by atoms with Crippen LogP contribution >= 0.6 is 0 Å². The Morgan fingerprint density at radius 2 is 2.00 bits per heavy atom. The van der Waals surface area contributed by atoms with Crippen molar-refractivity contribution in [2.45, 2.75) is 25.3 Å². The fraction of sp³-hybridized carbons (Fsp3) is 0.389. The Morgan fingerprint density at radius 1 is 1.25 bits per heavy atom. The average Bonchev–Trinajstić information content (AvgIpc) is 3.14. The molecule has 0 spiro atoms. The van der Waals surface area contributed by atoms with Crippen molar-refractivity contribution in [3.63, 3.8) is 0 Å². The van der Waals surface area contributed by atoms with Gasteiger partial charge in [-0.2, -0.15) is 18.3 Å². The van der Waals surface area contributed by atoms with Gasteiger partial charge in [0.15, 0.2) is 6.61 Å². The standard InChI is InChI=1S/C18H18F3N3O4/c19-18(20,21)15-5-7-22-23-17(15)28-14-6-8-24(9-14)16(26)11-27-13-3-1-12(10-25)2-4-13/h1-5,7,14,25H,6,8-11H2/t14-/m1/s1. The summed E-state index contributed by atoms with van der Waals surface area (Å²) in [7, 11) is 0. The summed E-state index contributed by atoms with van der Waals surface area (Å²) in [5, 5.41) is 15.9. The largest absolute Gasteiger partial charge is 0.484 e. The van der Waals surface area contributed by atoms with Gasteiger partial charge in [0.25, 0.3) is 5.91 Å². The first-order chi connectivity index (χ1) is 13.4. The summed E-state index contributed by atoms with van der Waals surface area (Å²) in [6, 6.07) is 7.44. The van der Waals surface area contributed by atoms with E-state index in [0.29, 0.717) is 18.7 Å². The van der Waals surface area contributed by atoms with E-state index in [9.17, 15) is 18.0 Å². The van der Waals surface area contributed by atoms with E-state index in [2.05, 4.69) is 10.2 Å². The number of halogens is 3. The van der Waals surface area contributed by atoms with E-state index >= 15 is 0 Å². The molecule has 1 N–H and O–H groups in total. The number of carbonyl (C=O) groups excluding carboxylic acids is 1. The van der Waals surface area contributed by atoms with Crippen molar-refractivity contribution in [3.8, 4) is 11.6 Å². The Bertz CT molecular complexity index is 814. The van der Waals surface area contributed by atoms with Gasteiger partial charge in [0.05, 0.1) is 19.3 Å². The monoisotopic (exact) mass is 397 g/mol. The van der Waals surface area contributed by atoms with Crippen molar-refractivity contribution in [3.05, 3.63) is 47.7 Å². The van der Waals surface area contributed by atoms with Crippen LogP contribution in [0.15, 0.2) is 36.5 Å². The number of carbonyl (C=O) groups is 1. The van der Waals surface area contributed by atoms with Crippen molar-refractivity contribution in [1.29, 1.82) is 0 Å². The van der Waals surface area contributed by atoms with Crippen LogP contribution in [0.4, 0.5) is 13.2 Å². The van der Waals surface area contributed by atoms with E-state index < -0.39 is 23.7 Å². The van der Waals surface area contributed by atoms with Crippen LogP contribution in [0, 0.1) is 0 Å². The van der Waals surface area contributed by atoms with Gasteiger partial charge >= 0.3 is 6.18 Å². The molecule has 0 saturated carbocycles. The molecule has 2 heterocycles. The zero-order valence-corrected chi connectivity index (χ0v) is 14.7. The molecule has 1 fully saturated rings. The molecule has 0 aliphatic carbocycles. The first-order valence-electron chi connectivity index (χ1n) is 8.52. The van der Waals surface area contributed by atoms with Crippen LogP contribution in [0.3, 0.4) is 0 Å². The molecule has 3 rings (SSSR count). The molecule has 1 saturated heterocycles. The maximum atomic E-state index is 13.0. The van der Waals surface area contributed by atoms with Gasteiger partial charge in [0.2, 0.25) is 5.88 Å². The van der Waals surface area contributed by atoms with Crippen LogP contribution in [0.25, 0.3) is 0 Å². The molecule has 28 heavy (non-hydrogen) atoms. The molecule has 10 heteroatoms. The van der Waals surface area contributed by atoms with Gasteiger partial charge < -0.3 is 19.5 Å². The van der Waals surface area contributed by atoms with E-state index in [-0.39, 0.29) is 25.7 Å². The van der Waals surface area contributed by atoms with Crippen molar-refractivity contribution in [2.75, 3.05) is 19.7 Å². The molecule has 0 bridgehead atoms. The van der Waals surface area contributed by atoms with E-state index in [1.165, 1.54) is 4.90 Å². The zero-order valence-electron chi connectivity index (χ0n) is 14.7. The van der Waals surface area contributed by atoms with Gasteiger partial charge in [-0.3, -0.25) is 4.79 Å². The minimum atomic E-state index is -4.60. The second-order valence-electron chi connectivity index (χ2n) is 6.21. The van der Waals surface area contributed by atoms with Gasteiger partial charge in [-0.05, 0) is 23.8 Å². The number of aromatic nitrogens is 2. The number of nitrogens with zero attached hydrogens (tertiary/aromatic N) is 3. The Morgan fingerprint density at radius 3 is 2.68 bits per heavy atom. The lowest BCUT2D eigenvalue weighted by atomic mass is 10.2. The minimum absolute atomic E-state index is 0.0871. The van der Waals surface area contributed by atoms with E-state index in [0.717, 1.165) is 17.8 Å². The van der Waals surface area contributed by atoms with Gasteiger partial charge in [-0.1, -0.05) is 12.1 Å². The molecule has 1 aliphatic rings. The molecule has 2 aromatic rings. The number of aliphatic hydroxyl groups excluding tert-OH is 1. The summed E-state index contributed by atoms with van der Waals surface area (Å²) >= 11 is 0. The van der Waals surface area contributed by atoms with E-state index in [1.807, 2.05) is 0 Å². The Labute approximate surface area is 158 Å². The summed E-state index contributed by atoms with van der Waals surface area (Å²) in [6.45, 7) is 0.192. The summed E-state index contributed by atoms with van der Waals surface area (Å²) in [5.74, 6) is -0.408. The van der Waals surface area contributed by atoms with Crippen LogP contribution < -0.4 is 9.47 Å². The predicted octanol–water partition coefficient (Wildman–Crippen LogP) is 2.05. The van der Waals surface area contributed by atoms with Crippen molar-refractivity contribution in [2.24, 2.45) is 0 Å². The highest BCUT2D eigenvalue weighted by molar-refractivity contribution is 5.78. The fourth-order valence-corrected chi connectivity index (χ4v) is 2.76. The van der Waals surface area contributed by atoms with Crippen LogP contribution in [0.2, 0.25) is 0 Å². The lowest BCUT2D eigenvalue weighted by Crippen LogP contribution is -2.34. The lowest BCUT2D eigenvalue weighted by Gasteiger charge is -2.18. The number of hydrogen-bond donors (Lipinski definition) is 1. The SMILES string of the molecule is O=C(COc1ccc(CO)cc1)N1CC[C@@H](Oc2nnccc2C(F)(F)F)C1. The normalized spacial score (nSPS) is 16.9. The maximum Gasteiger partial charge on any atom is 0.421 e. The molecule has 1 atom stereocenters. The highest BCUT2D eigenvalue weighted by Crippen LogP contribution is 2.35. The number of likely N-dealkylation sites (tertiary alicyclic amines) is 1. The highest BCUT2D eigenvalue weighted by Gasteiger charge is 2.37. The molecular weight excluding hydrogens is 379 g/mol. The van der Waals surface area contributed by atoms with Crippen LogP contribution in [-0.4, -0.2) is 51.9 Å². The van der Waals surface area contributed by atoms with Crippen molar-refractivity contribution >= 4 is 5.91 Å². The maximum absolute atomic E-state index is 13.0. The third-order valence-corrected chi connectivity index (χ3v) is 4.24. The van der Waals surface area contributed by atoms with E-state index in [1.54, 1.807) is 24.3 Å². The number of benzene rings is 1. The van der Waals surface area contributed by atoms with Crippen LogP contribution in [-0.2, 0) is 17.6 Å². The first-order valence-corrected chi connectivity index (χ1v) is 8.52. The third-order valence-electron chi connectivity index (χ3n) is 4.24. The Hall–Kier alpha value is -2.88. The molecule has 0 unspecified atom stereocenters. The van der Waals surface area contributed by atoms with Gasteiger partial charge in [-0.25, -0.2) is 0 Å². The zero-order chi connectivity index (χ0) is 20.1. The number of aliphatic hydroxyl groups is 1. The molecular formula is C18H18F3N3O4. The van der Waals surface area contributed by atoms with Crippen LogP contribution in [0.5, 0.6) is 11.6 Å². The summed E-state index contributed by atoms with van der Waals surface area (Å²) < 4.78 is 49.7. The first kappa shape index (κ1) is 19.9. The lowest BCUT2D eigenvalue weighted by molar-refractivity contribution is -0.140. The quantitative estimate of drug-likeness (QED) is 0.803. The average molecular weight is 397 g/mol. The molecule has 1 amide bonds. The number of hydrogen-bond acceptors (Lipinski definition) is 6. The molecule has 7 nitrogen and oxygen atoms in total. The summed E-state index contributed by atoms with van der Waals surface area (Å²) in [6.07, 6.45) is -3.88. The Kier molecular flexibility index (Phi) is 5.98. The van der Waals surface area contributed by atoms with E-state index in [4.69, 9.17) is 14.6 Å². The van der Waals surface area contributed by atoms with Crippen LogP contribution in [0.1, 0.15) is 17.5 Å². The Balaban J connectivity index is 1.53. The van der Waals surface area contributed by atoms with Gasteiger partial charge in [0.1, 0.15) is 17.4 Å². The summed E-state index contributed by atoms with van der Waals surface area (Å²) in [5.41, 5.74) is -0.276. The van der Waals surface area contributed by atoms with Crippen molar-refractivity contribution < 1.29 is 32.5 Å². The molecule has 150 valence electrons. The number of alkyl halides is 3. The van der Waals surface area contributed by atoms with Gasteiger partial charge in [0, 0.05) is 13.0 Å².